The number of rotatable bonds is 8. The molecule has 0 aliphatic rings. The van der Waals surface area contributed by atoms with E-state index in [1.54, 1.807) is 19.1 Å². The fourth-order valence-electron chi connectivity index (χ4n) is 3.18. The SMILES string of the molecule is Cc1cc(C)cc(N([C@@H](C)C(=O)NCc2ccc(OC(C)C)cc2)S(C)(=O)=O)c1. The molecular formula is C22H30N2O4S. The normalized spacial score (nSPS) is 12.5. The molecule has 1 N–H and O–H groups in total. The maximum absolute atomic E-state index is 12.7. The monoisotopic (exact) mass is 418 g/mol. The van der Waals surface area contributed by atoms with Crippen LogP contribution in [-0.4, -0.2) is 32.7 Å². The van der Waals surface area contributed by atoms with Gasteiger partial charge in [0.05, 0.1) is 18.0 Å². The summed E-state index contributed by atoms with van der Waals surface area (Å²) < 4.78 is 31.6. The lowest BCUT2D eigenvalue weighted by Gasteiger charge is -2.28. The Morgan fingerprint density at radius 2 is 1.59 bits per heavy atom. The number of amides is 1. The molecule has 29 heavy (non-hydrogen) atoms. The van der Waals surface area contributed by atoms with E-state index in [9.17, 15) is 13.2 Å². The maximum atomic E-state index is 12.7. The van der Waals surface area contributed by atoms with Gasteiger partial charge in [0.2, 0.25) is 15.9 Å². The molecule has 2 rings (SSSR count). The van der Waals surface area contributed by atoms with E-state index < -0.39 is 16.1 Å². The van der Waals surface area contributed by atoms with E-state index in [-0.39, 0.29) is 12.0 Å². The average molecular weight is 419 g/mol. The summed E-state index contributed by atoms with van der Waals surface area (Å²) in [4.78, 5) is 12.7. The van der Waals surface area contributed by atoms with Crippen molar-refractivity contribution in [3.05, 3.63) is 59.2 Å². The van der Waals surface area contributed by atoms with Crippen LogP contribution in [0.4, 0.5) is 5.69 Å². The number of carbonyl (C=O) groups excluding carboxylic acids is 1. The van der Waals surface area contributed by atoms with E-state index >= 15 is 0 Å². The molecule has 0 saturated carbocycles. The van der Waals surface area contributed by atoms with Gasteiger partial charge in [-0.15, -0.1) is 0 Å². The molecule has 0 heterocycles. The second kappa shape index (κ2) is 9.31. The van der Waals surface area contributed by atoms with Gasteiger partial charge < -0.3 is 10.1 Å². The van der Waals surface area contributed by atoms with Gasteiger partial charge in [-0.05, 0) is 75.6 Å². The van der Waals surface area contributed by atoms with E-state index in [0.29, 0.717) is 12.2 Å². The number of sulfonamides is 1. The van der Waals surface area contributed by atoms with Crippen molar-refractivity contribution in [3.8, 4) is 5.75 Å². The molecule has 0 saturated heterocycles. The summed E-state index contributed by atoms with van der Waals surface area (Å²) in [6.45, 7) is 9.60. The summed E-state index contributed by atoms with van der Waals surface area (Å²) in [5, 5.41) is 2.82. The Kier molecular flexibility index (Phi) is 7.30. The van der Waals surface area contributed by atoms with E-state index in [4.69, 9.17) is 4.74 Å². The summed E-state index contributed by atoms with van der Waals surface area (Å²) in [6, 6.07) is 12.1. The van der Waals surface area contributed by atoms with E-state index in [1.165, 1.54) is 4.31 Å². The lowest BCUT2D eigenvalue weighted by atomic mass is 10.1. The fourth-order valence-corrected chi connectivity index (χ4v) is 4.34. The number of aryl methyl sites for hydroxylation is 2. The molecule has 0 aromatic heterocycles. The molecule has 2 aromatic carbocycles. The summed E-state index contributed by atoms with van der Waals surface area (Å²) in [7, 11) is -3.64. The van der Waals surface area contributed by atoms with Crippen LogP contribution in [0.15, 0.2) is 42.5 Å². The van der Waals surface area contributed by atoms with Crippen LogP contribution < -0.4 is 14.4 Å². The van der Waals surface area contributed by atoms with Crippen LogP contribution in [0.3, 0.4) is 0 Å². The Hall–Kier alpha value is -2.54. The molecule has 0 aliphatic heterocycles. The van der Waals surface area contributed by atoms with Gasteiger partial charge in [-0.25, -0.2) is 8.42 Å². The molecular weight excluding hydrogens is 388 g/mol. The average Bonchev–Trinajstić information content (AvgIpc) is 2.58. The van der Waals surface area contributed by atoms with Gasteiger partial charge in [-0.1, -0.05) is 18.2 Å². The first-order valence-corrected chi connectivity index (χ1v) is 11.4. The molecule has 6 nitrogen and oxygen atoms in total. The van der Waals surface area contributed by atoms with Gasteiger partial charge >= 0.3 is 0 Å². The van der Waals surface area contributed by atoms with Crippen molar-refractivity contribution in [2.24, 2.45) is 0 Å². The minimum Gasteiger partial charge on any atom is -0.491 e. The van der Waals surface area contributed by atoms with Crippen molar-refractivity contribution in [3.63, 3.8) is 0 Å². The third-order valence-electron chi connectivity index (χ3n) is 4.31. The molecule has 1 amide bonds. The highest BCUT2D eigenvalue weighted by molar-refractivity contribution is 7.92. The predicted octanol–water partition coefficient (Wildman–Crippen LogP) is 3.56. The number of hydrogen-bond donors (Lipinski definition) is 1. The van der Waals surface area contributed by atoms with Crippen molar-refractivity contribution in [1.29, 1.82) is 0 Å². The van der Waals surface area contributed by atoms with Crippen LogP contribution in [0.2, 0.25) is 0 Å². The minimum absolute atomic E-state index is 0.0913. The van der Waals surface area contributed by atoms with E-state index in [0.717, 1.165) is 28.7 Å². The molecule has 0 radical (unpaired) electrons. The predicted molar refractivity (Wildman–Crippen MR) is 117 cm³/mol. The number of ether oxygens (including phenoxy) is 1. The van der Waals surface area contributed by atoms with Crippen molar-refractivity contribution in [2.75, 3.05) is 10.6 Å². The Labute approximate surface area is 173 Å². The molecule has 158 valence electrons. The molecule has 1 atom stereocenters. The smallest absolute Gasteiger partial charge is 0.243 e. The lowest BCUT2D eigenvalue weighted by Crippen LogP contribution is -2.47. The fraction of sp³-hybridized carbons (Fsp3) is 0.409. The first kappa shape index (κ1) is 22.7. The minimum atomic E-state index is -3.64. The summed E-state index contributed by atoms with van der Waals surface area (Å²) in [5.74, 6) is 0.401. The van der Waals surface area contributed by atoms with Crippen LogP contribution in [0.1, 0.15) is 37.5 Å². The molecule has 0 unspecified atom stereocenters. The molecule has 2 aromatic rings. The first-order valence-electron chi connectivity index (χ1n) is 9.58. The Bertz CT molecular complexity index is 933. The summed E-state index contributed by atoms with van der Waals surface area (Å²) >= 11 is 0. The quantitative estimate of drug-likeness (QED) is 0.711. The second-order valence-corrected chi connectivity index (χ2v) is 9.47. The third kappa shape index (κ3) is 6.49. The molecule has 0 bridgehead atoms. The zero-order chi connectivity index (χ0) is 21.8. The van der Waals surface area contributed by atoms with E-state index in [1.807, 2.05) is 58.0 Å². The second-order valence-electron chi connectivity index (χ2n) is 7.61. The number of hydrogen-bond acceptors (Lipinski definition) is 4. The molecule has 0 aliphatic carbocycles. The number of benzene rings is 2. The number of nitrogens with zero attached hydrogens (tertiary/aromatic N) is 1. The van der Waals surface area contributed by atoms with Crippen LogP contribution >= 0.6 is 0 Å². The van der Waals surface area contributed by atoms with Crippen molar-refractivity contribution in [2.45, 2.75) is 53.3 Å². The number of nitrogens with one attached hydrogen (secondary N) is 1. The maximum Gasteiger partial charge on any atom is 0.243 e. The van der Waals surface area contributed by atoms with E-state index in [2.05, 4.69) is 5.32 Å². The Morgan fingerprint density at radius 1 is 1.03 bits per heavy atom. The van der Waals surface area contributed by atoms with Gasteiger partial charge in [-0.3, -0.25) is 9.10 Å². The topological polar surface area (TPSA) is 75.7 Å². The Balaban J connectivity index is 2.13. The van der Waals surface area contributed by atoms with Crippen molar-refractivity contribution >= 4 is 21.6 Å². The van der Waals surface area contributed by atoms with Gasteiger partial charge in [0, 0.05) is 6.54 Å². The first-order chi connectivity index (χ1) is 13.5. The molecule has 7 heteroatoms. The lowest BCUT2D eigenvalue weighted by molar-refractivity contribution is -0.122. The molecule has 0 fully saturated rings. The highest BCUT2D eigenvalue weighted by atomic mass is 32.2. The van der Waals surface area contributed by atoms with Gasteiger partial charge in [0.15, 0.2) is 0 Å². The van der Waals surface area contributed by atoms with Gasteiger partial charge in [0.25, 0.3) is 0 Å². The zero-order valence-corrected chi connectivity index (χ0v) is 18.7. The van der Waals surface area contributed by atoms with Crippen molar-refractivity contribution in [1.82, 2.24) is 5.32 Å². The summed E-state index contributed by atoms with van der Waals surface area (Å²) in [5.41, 5.74) is 3.26. The summed E-state index contributed by atoms with van der Waals surface area (Å²) in [6.07, 6.45) is 1.20. The largest absolute Gasteiger partial charge is 0.491 e. The van der Waals surface area contributed by atoms with Crippen LogP contribution in [0, 0.1) is 13.8 Å². The highest BCUT2D eigenvalue weighted by Crippen LogP contribution is 2.24. The number of carbonyl (C=O) groups is 1. The highest BCUT2D eigenvalue weighted by Gasteiger charge is 2.29. The van der Waals surface area contributed by atoms with Crippen LogP contribution in [0.25, 0.3) is 0 Å². The van der Waals surface area contributed by atoms with Crippen molar-refractivity contribution < 1.29 is 17.9 Å². The third-order valence-corrected chi connectivity index (χ3v) is 5.55. The van der Waals surface area contributed by atoms with Gasteiger partial charge in [0.1, 0.15) is 11.8 Å². The number of anilines is 1. The molecule has 0 spiro atoms. The standard InChI is InChI=1S/C22H30N2O4S/c1-15(2)28-21-9-7-19(8-10-21)14-23-22(25)18(5)24(29(6,26)27)20-12-16(3)11-17(4)13-20/h7-13,15,18H,14H2,1-6H3,(H,23,25)/t18-/m0/s1. The Morgan fingerprint density at radius 3 is 2.07 bits per heavy atom. The zero-order valence-electron chi connectivity index (χ0n) is 17.9. The van der Waals surface area contributed by atoms with Crippen LogP contribution in [-0.2, 0) is 21.4 Å². The van der Waals surface area contributed by atoms with Gasteiger partial charge in [-0.2, -0.15) is 0 Å². The van der Waals surface area contributed by atoms with Crippen LogP contribution in [0.5, 0.6) is 5.75 Å².